The van der Waals surface area contributed by atoms with Crippen molar-refractivity contribution in [3.05, 3.63) is 35.4 Å². The van der Waals surface area contributed by atoms with Crippen molar-refractivity contribution in [2.75, 3.05) is 13.2 Å². The maximum atomic E-state index is 12.5. The van der Waals surface area contributed by atoms with Gasteiger partial charge in [0.15, 0.2) is 0 Å². The van der Waals surface area contributed by atoms with E-state index in [0.29, 0.717) is 24.3 Å². The van der Waals surface area contributed by atoms with Crippen LogP contribution in [0.3, 0.4) is 0 Å². The number of benzene rings is 1. The summed E-state index contributed by atoms with van der Waals surface area (Å²) in [4.78, 5) is 25.1. The zero-order valence-corrected chi connectivity index (χ0v) is 32.0. The lowest BCUT2D eigenvalue weighted by Crippen LogP contribution is -2.10. The van der Waals surface area contributed by atoms with E-state index in [1.165, 1.54) is 180 Å². The first-order valence-corrected chi connectivity index (χ1v) is 21.1. The summed E-state index contributed by atoms with van der Waals surface area (Å²) < 4.78 is 11.0. The SMILES string of the molecule is CCCCCCCCCCCCCCCCCCOC(=O)c1cccc(C(=O)OCCCCCCCCCCCCCCCCCC)c1. The summed E-state index contributed by atoms with van der Waals surface area (Å²) in [5.41, 5.74) is 0.840. The molecule has 1 rings (SSSR count). The van der Waals surface area contributed by atoms with Crippen molar-refractivity contribution in [1.29, 1.82) is 0 Å². The summed E-state index contributed by atoms with van der Waals surface area (Å²) in [5, 5.41) is 0. The van der Waals surface area contributed by atoms with Crippen molar-refractivity contribution < 1.29 is 19.1 Å². The smallest absolute Gasteiger partial charge is 0.338 e. The van der Waals surface area contributed by atoms with Gasteiger partial charge in [0.05, 0.1) is 24.3 Å². The number of esters is 2. The summed E-state index contributed by atoms with van der Waals surface area (Å²) in [6.07, 6.45) is 42.3. The van der Waals surface area contributed by atoms with Gasteiger partial charge >= 0.3 is 11.9 Å². The Hall–Kier alpha value is -1.84. The summed E-state index contributed by atoms with van der Waals surface area (Å²) in [7, 11) is 0. The van der Waals surface area contributed by atoms with Crippen molar-refractivity contribution in [2.45, 2.75) is 219 Å². The molecule has 0 aromatic heterocycles. The number of carbonyl (C=O) groups excluding carboxylic acids is 2. The predicted molar refractivity (Wildman–Crippen MR) is 206 cm³/mol. The van der Waals surface area contributed by atoms with E-state index in [1.54, 1.807) is 24.3 Å². The topological polar surface area (TPSA) is 52.6 Å². The number of unbranched alkanes of at least 4 members (excludes halogenated alkanes) is 30. The second kappa shape index (κ2) is 35.0. The van der Waals surface area contributed by atoms with Crippen LogP contribution in [0.4, 0.5) is 0 Å². The zero-order chi connectivity index (χ0) is 34.6. The van der Waals surface area contributed by atoms with Crippen LogP contribution in [0.5, 0.6) is 0 Å². The molecule has 0 spiro atoms. The van der Waals surface area contributed by atoms with Gasteiger partial charge in [0.1, 0.15) is 0 Å². The molecule has 48 heavy (non-hydrogen) atoms. The molecule has 0 aliphatic rings. The van der Waals surface area contributed by atoms with Crippen LogP contribution in [0.15, 0.2) is 24.3 Å². The van der Waals surface area contributed by atoms with Crippen molar-refractivity contribution >= 4 is 11.9 Å². The molecule has 4 nitrogen and oxygen atoms in total. The Kier molecular flexibility index (Phi) is 32.2. The fourth-order valence-corrected chi connectivity index (χ4v) is 6.57. The lowest BCUT2D eigenvalue weighted by molar-refractivity contribution is 0.0496. The van der Waals surface area contributed by atoms with E-state index >= 15 is 0 Å². The van der Waals surface area contributed by atoms with Crippen LogP contribution >= 0.6 is 0 Å². The summed E-state index contributed by atoms with van der Waals surface area (Å²) in [6.45, 7) is 5.43. The van der Waals surface area contributed by atoms with E-state index in [1.807, 2.05) is 0 Å². The van der Waals surface area contributed by atoms with Crippen molar-refractivity contribution in [1.82, 2.24) is 0 Å². The van der Waals surface area contributed by atoms with Crippen LogP contribution in [-0.2, 0) is 9.47 Å². The fourth-order valence-electron chi connectivity index (χ4n) is 6.57. The molecule has 0 unspecified atom stereocenters. The first-order chi connectivity index (χ1) is 23.7. The van der Waals surface area contributed by atoms with Gasteiger partial charge in [-0.05, 0) is 31.0 Å². The third-order valence-corrected chi connectivity index (χ3v) is 9.80. The van der Waals surface area contributed by atoms with E-state index in [0.717, 1.165) is 25.7 Å². The second-order valence-corrected chi connectivity index (χ2v) is 14.5. The molecule has 0 saturated heterocycles. The molecule has 0 bridgehead atoms. The van der Waals surface area contributed by atoms with Gasteiger partial charge < -0.3 is 9.47 Å². The lowest BCUT2D eigenvalue weighted by Gasteiger charge is -2.08. The van der Waals surface area contributed by atoms with Gasteiger partial charge in [-0.3, -0.25) is 0 Å². The largest absolute Gasteiger partial charge is 0.462 e. The Morgan fingerprint density at radius 3 is 0.854 bits per heavy atom. The number of carbonyl (C=O) groups is 2. The highest BCUT2D eigenvalue weighted by Gasteiger charge is 2.12. The first kappa shape index (κ1) is 44.2. The van der Waals surface area contributed by atoms with Gasteiger partial charge in [-0.15, -0.1) is 0 Å². The molecular weight excluding hydrogens is 592 g/mol. The highest BCUT2D eigenvalue weighted by Crippen LogP contribution is 2.16. The zero-order valence-electron chi connectivity index (χ0n) is 32.0. The molecular formula is C44H78O4. The van der Waals surface area contributed by atoms with Crippen LogP contribution in [0, 0.1) is 0 Å². The number of hydrogen-bond donors (Lipinski definition) is 0. The minimum Gasteiger partial charge on any atom is -0.462 e. The summed E-state index contributed by atoms with van der Waals surface area (Å²) >= 11 is 0. The minimum absolute atomic E-state index is 0.358. The molecule has 0 aliphatic carbocycles. The van der Waals surface area contributed by atoms with Crippen LogP contribution in [0.1, 0.15) is 240 Å². The standard InChI is InChI=1S/C44H78O4/c1-3-5-7-9-11-13-15-17-19-21-23-25-27-29-31-33-38-47-43(45)41-36-35-37-42(40-41)44(46)48-39-34-32-30-28-26-24-22-20-18-16-14-12-10-8-6-4-2/h35-37,40H,3-34,38-39H2,1-2H3. The highest BCUT2D eigenvalue weighted by molar-refractivity contribution is 5.95. The molecule has 0 N–H and O–H groups in total. The summed E-state index contributed by atoms with van der Waals surface area (Å²) in [6, 6.07) is 6.76. The molecule has 1 aromatic rings. The molecule has 0 atom stereocenters. The average molecular weight is 671 g/mol. The Morgan fingerprint density at radius 1 is 0.375 bits per heavy atom. The van der Waals surface area contributed by atoms with E-state index in [-0.39, 0.29) is 11.9 Å². The van der Waals surface area contributed by atoms with Crippen molar-refractivity contribution in [3.63, 3.8) is 0 Å². The van der Waals surface area contributed by atoms with Crippen LogP contribution in [-0.4, -0.2) is 25.2 Å². The van der Waals surface area contributed by atoms with Crippen LogP contribution in [0.2, 0.25) is 0 Å². The van der Waals surface area contributed by atoms with Crippen molar-refractivity contribution in [3.8, 4) is 0 Å². The molecule has 0 heterocycles. The lowest BCUT2D eigenvalue weighted by atomic mass is 10.0. The molecule has 0 aliphatic heterocycles. The number of ether oxygens (including phenoxy) is 2. The summed E-state index contributed by atoms with van der Waals surface area (Å²) in [5.74, 6) is -0.716. The van der Waals surface area contributed by atoms with Gasteiger partial charge in [-0.1, -0.05) is 213 Å². The molecule has 0 amide bonds. The molecule has 0 radical (unpaired) electrons. The van der Waals surface area contributed by atoms with Crippen LogP contribution in [0.25, 0.3) is 0 Å². The van der Waals surface area contributed by atoms with Gasteiger partial charge in [-0.25, -0.2) is 9.59 Å². The molecule has 0 saturated carbocycles. The second-order valence-electron chi connectivity index (χ2n) is 14.5. The third kappa shape index (κ3) is 28.0. The Balaban J connectivity index is 1.95. The Morgan fingerprint density at radius 2 is 0.604 bits per heavy atom. The van der Waals surface area contributed by atoms with Gasteiger partial charge in [0, 0.05) is 0 Å². The highest BCUT2D eigenvalue weighted by atomic mass is 16.5. The maximum absolute atomic E-state index is 12.5. The normalized spacial score (nSPS) is 11.2. The van der Waals surface area contributed by atoms with E-state index < -0.39 is 0 Å². The quantitative estimate of drug-likeness (QED) is 0.0526. The van der Waals surface area contributed by atoms with Crippen molar-refractivity contribution in [2.24, 2.45) is 0 Å². The van der Waals surface area contributed by atoms with Gasteiger partial charge in [0.25, 0.3) is 0 Å². The Labute approximate surface area is 298 Å². The van der Waals surface area contributed by atoms with E-state index in [9.17, 15) is 9.59 Å². The van der Waals surface area contributed by atoms with Gasteiger partial charge in [0.2, 0.25) is 0 Å². The third-order valence-electron chi connectivity index (χ3n) is 9.80. The monoisotopic (exact) mass is 671 g/mol. The first-order valence-electron chi connectivity index (χ1n) is 21.1. The maximum Gasteiger partial charge on any atom is 0.338 e. The van der Waals surface area contributed by atoms with Gasteiger partial charge in [-0.2, -0.15) is 0 Å². The fraction of sp³-hybridized carbons (Fsp3) is 0.818. The Bertz CT molecular complexity index is 785. The van der Waals surface area contributed by atoms with E-state index in [4.69, 9.17) is 9.47 Å². The molecule has 278 valence electrons. The van der Waals surface area contributed by atoms with Crippen LogP contribution < -0.4 is 0 Å². The molecule has 4 heteroatoms. The minimum atomic E-state index is -0.358. The molecule has 1 aromatic carbocycles. The van der Waals surface area contributed by atoms with E-state index in [2.05, 4.69) is 13.8 Å². The average Bonchev–Trinajstić information content (AvgIpc) is 3.10. The number of rotatable bonds is 36. The predicted octanol–water partition coefficient (Wildman–Crippen LogP) is 14.5. The molecule has 0 fully saturated rings. The number of hydrogen-bond acceptors (Lipinski definition) is 4.